The topological polar surface area (TPSA) is 101 Å². The van der Waals surface area contributed by atoms with Gasteiger partial charge in [-0.1, -0.05) is 22.9 Å². The molecule has 27 heavy (non-hydrogen) atoms. The minimum absolute atomic E-state index is 0.0538. The first-order valence-electron chi connectivity index (χ1n) is 7.66. The number of carbonyl (C=O) groups is 1. The zero-order chi connectivity index (χ0) is 20.0. The zero-order valence-electron chi connectivity index (χ0n) is 13.9. The summed E-state index contributed by atoms with van der Waals surface area (Å²) in [6.45, 7) is 1.51. The fraction of sp³-hybridized carbons (Fsp3) is 0.188. The molecule has 7 nitrogen and oxygen atoms in total. The van der Waals surface area contributed by atoms with Gasteiger partial charge in [-0.3, -0.25) is 9.52 Å². The van der Waals surface area contributed by atoms with Crippen molar-refractivity contribution in [2.45, 2.75) is 11.8 Å². The van der Waals surface area contributed by atoms with E-state index in [-0.39, 0.29) is 22.0 Å². The lowest BCUT2D eigenvalue weighted by Crippen LogP contribution is -2.30. The van der Waals surface area contributed by atoms with Crippen LogP contribution in [0.1, 0.15) is 6.92 Å². The molecular weight excluding hydrogens is 463 g/mol. The Kier molecular flexibility index (Phi) is 5.04. The molecule has 0 radical (unpaired) electrons. The van der Waals surface area contributed by atoms with Gasteiger partial charge in [-0.15, -0.1) is 0 Å². The lowest BCUT2D eigenvalue weighted by Gasteiger charge is -2.16. The van der Waals surface area contributed by atoms with E-state index in [4.69, 9.17) is 0 Å². The maximum atomic E-state index is 13.9. The van der Waals surface area contributed by atoms with E-state index < -0.39 is 37.7 Å². The summed E-state index contributed by atoms with van der Waals surface area (Å²) in [5.41, 5.74) is -0.175. The number of nitrogens with zero attached hydrogens (tertiary/aromatic N) is 1. The van der Waals surface area contributed by atoms with E-state index in [9.17, 15) is 26.0 Å². The van der Waals surface area contributed by atoms with Gasteiger partial charge in [0.2, 0.25) is 15.9 Å². The Morgan fingerprint density at radius 2 is 1.81 bits per heavy atom. The van der Waals surface area contributed by atoms with E-state index in [2.05, 4.69) is 20.7 Å². The molecule has 1 aliphatic rings. The minimum atomic E-state index is -4.10. The van der Waals surface area contributed by atoms with Crippen LogP contribution in [0.4, 0.5) is 15.8 Å². The molecule has 144 valence electrons. The smallest absolute Gasteiger partial charge is 0.261 e. The van der Waals surface area contributed by atoms with Gasteiger partial charge >= 0.3 is 0 Å². The Balaban J connectivity index is 1.89. The molecule has 1 atom stereocenters. The van der Waals surface area contributed by atoms with Gasteiger partial charge in [0.05, 0.1) is 27.9 Å². The summed E-state index contributed by atoms with van der Waals surface area (Å²) < 4.78 is 66.2. The molecule has 0 bridgehead atoms. The molecule has 0 aromatic heterocycles. The van der Waals surface area contributed by atoms with Gasteiger partial charge in [-0.2, -0.15) is 0 Å². The van der Waals surface area contributed by atoms with Crippen LogP contribution in [-0.4, -0.2) is 28.5 Å². The zero-order valence-corrected chi connectivity index (χ0v) is 17.1. The second-order valence-electron chi connectivity index (χ2n) is 6.01. The van der Waals surface area contributed by atoms with Crippen molar-refractivity contribution < 1.29 is 26.0 Å². The molecule has 1 unspecified atom stereocenters. The van der Waals surface area contributed by atoms with Gasteiger partial charge in [-0.05, 0) is 42.5 Å². The molecule has 0 saturated carbocycles. The van der Waals surface area contributed by atoms with E-state index in [0.29, 0.717) is 8.78 Å². The molecule has 2 aromatic rings. The summed E-state index contributed by atoms with van der Waals surface area (Å²) in [6.07, 6.45) is 0. The minimum Gasteiger partial charge on any atom is -0.277 e. The van der Waals surface area contributed by atoms with Crippen LogP contribution in [0.25, 0.3) is 0 Å². The van der Waals surface area contributed by atoms with Crippen LogP contribution >= 0.6 is 15.9 Å². The van der Waals surface area contributed by atoms with E-state index in [1.54, 1.807) is 0 Å². The molecule has 1 aliphatic heterocycles. The second kappa shape index (κ2) is 6.88. The predicted octanol–water partition coefficient (Wildman–Crippen LogP) is 2.70. The Bertz CT molecular complexity index is 1120. The number of halogens is 2. The Hall–Kier alpha value is -1.98. The molecule has 1 fully saturated rings. The van der Waals surface area contributed by atoms with E-state index in [1.165, 1.54) is 31.2 Å². The molecule has 1 N–H and O–H groups in total. The maximum Gasteiger partial charge on any atom is 0.261 e. The monoisotopic (exact) mass is 476 g/mol. The average molecular weight is 477 g/mol. The summed E-state index contributed by atoms with van der Waals surface area (Å²) in [4.78, 5) is 11.9. The van der Waals surface area contributed by atoms with Crippen LogP contribution in [0, 0.1) is 11.7 Å². The van der Waals surface area contributed by atoms with Gasteiger partial charge in [-0.25, -0.2) is 25.5 Å². The van der Waals surface area contributed by atoms with Crippen molar-refractivity contribution in [1.82, 2.24) is 0 Å². The summed E-state index contributed by atoms with van der Waals surface area (Å²) in [6, 6.07) is 8.61. The summed E-state index contributed by atoms with van der Waals surface area (Å²) in [5.74, 6) is -2.29. The van der Waals surface area contributed by atoms with Crippen molar-refractivity contribution in [3.63, 3.8) is 0 Å². The molecule has 1 saturated heterocycles. The van der Waals surface area contributed by atoms with Crippen molar-refractivity contribution >= 4 is 53.3 Å². The normalized spacial score (nSPS) is 19.3. The Labute approximate surface area is 164 Å². The highest BCUT2D eigenvalue weighted by molar-refractivity contribution is 9.10. The van der Waals surface area contributed by atoms with Crippen LogP contribution < -0.4 is 9.03 Å². The number of hydrogen-bond acceptors (Lipinski definition) is 5. The number of rotatable bonds is 4. The van der Waals surface area contributed by atoms with Gasteiger partial charge in [0, 0.05) is 4.47 Å². The molecule has 1 amide bonds. The quantitative estimate of drug-likeness (QED) is 0.730. The van der Waals surface area contributed by atoms with Crippen molar-refractivity contribution in [2.75, 3.05) is 14.8 Å². The summed E-state index contributed by atoms with van der Waals surface area (Å²) >= 11 is 3.08. The predicted molar refractivity (Wildman–Crippen MR) is 102 cm³/mol. The first kappa shape index (κ1) is 19.8. The van der Waals surface area contributed by atoms with E-state index >= 15 is 0 Å². The highest BCUT2D eigenvalue weighted by atomic mass is 79.9. The lowest BCUT2D eigenvalue weighted by molar-refractivity contribution is -0.119. The van der Waals surface area contributed by atoms with Crippen molar-refractivity contribution in [3.8, 4) is 0 Å². The summed E-state index contributed by atoms with van der Waals surface area (Å²) in [5, 5.41) is 0. The SMILES string of the molecule is CC1CS(=O)(=O)N(c2ccc(S(=O)(=O)Nc3ccc(Br)cc3F)cc2)C1=O. The van der Waals surface area contributed by atoms with E-state index in [1.807, 2.05) is 0 Å². The average Bonchev–Trinajstić information content (AvgIpc) is 2.78. The third kappa shape index (κ3) is 3.85. The number of anilines is 2. The third-order valence-electron chi connectivity index (χ3n) is 3.92. The second-order valence-corrected chi connectivity index (χ2v) is 10.5. The Morgan fingerprint density at radius 1 is 1.19 bits per heavy atom. The number of carbonyl (C=O) groups excluding carboxylic acids is 1. The molecule has 11 heteroatoms. The van der Waals surface area contributed by atoms with Gasteiger partial charge in [0.15, 0.2) is 0 Å². The molecule has 2 aromatic carbocycles. The van der Waals surface area contributed by atoms with Crippen LogP contribution in [0.15, 0.2) is 51.8 Å². The fourth-order valence-electron chi connectivity index (χ4n) is 2.62. The molecule has 1 heterocycles. The summed E-state index contributed by atoms with van der Waals surface area (Å²) in [7, 11) is -7.88. The number of nitrogens with one attached hydrogen (secondary N) is 1. The number of amides is 1. The van der Waals surface area contributed by atoms with Gasteiger partial charge in [0.25, 0.3) is 10.0 Å². The standard InChI is InChI=1S/C16H14BrFN2O5S2/c1-10-9-26(22,23)20(16(10)21)12-3-5-13(6-4-12)27(24,25)19-15-7-2-11(17)8-14(15)18/h2-8,10,19H,9H2,1H3. The third-order valence-corrected chi connectivity index (χ3v) is 7.66. The van der Waals surface area contributed by atoms with Crippen LogP contribution in [-0.2, 0) is 24.8 Å². The first-order valence-corrected chi connectivity index (χ1v) is 11.5. The number of sulfonamides is 2. The van der Waals surface area contributed by atoms with E-state index in [0.717, 1.165) is 18.2 Å². The van der Waals surface area contributed by atoms with Crippen LogP contribution in [0.3, 0.4) is 0 Å². The van der Waals surface area contributed by atoms with Crippen molar-refractivity contribution in [1.29, 1.82) is 0 Å². The number of hydrogen-bond donors (Lipinski definition) is 1. The van der Waals surface area contributed by atoms with Crippen LogP contribution in [0.2, 0.25) is 0 Å². The fourth-order valence-corrected chi connectivity index (χ4v) is 5.84. The molecular formula is C16H14BrFN2O5S2. The van der Waals surface area contributed by atoms with Gasteiger partial charge < -0.3 is 0 Å². The van der Waals surface area contributed by atoms with Crippen molar-refractivity contribution in [3.05, 3.63) is 52.8 Å². The largest absolute Gasteiger partial charge is 0.277 e. The highest BCUT2D eigenvalue weighted by Gasteiger charge is 2.41. The molecule has 0 spiro atoms. The molecule has 3 rings (SSSR count). The lowest BCUT2D eigenvalue weighted by atomic mass is 10.2. The van der Waals surface area contributed by atoms with Gasteiger partial charge in [0.1, 0.15) is 5.82 Å². The highest BCUT2D eigenvalue weighted by Crippen LogP contribution is 2.29. The first-order chi connectivity index (χ1) is 12.5. The Morgan fingerprint density at radius 3 is 2.33 bits per heavy atom. The number of benzene rings is 2. The van der Waals surface area contributed by atoms with Crippen molar-refractivity contribution in [2.24, 2.45) is 5.92 Å². The molecule has 0 aliphatic carbocycles. The maximum absolute atomic E-state index is 13.9. The van der Waals surface area contributed by atoms with Crippen LogP contribution in [0.5, 0.6) is 0 Å².